The van der Waals surface area contributed by atoms with Crippen LogP contribution in [0.5, 0.6) is 0 Å². The molecule has 0 amide bonds. The topological polar surface area (TPSA) is 16.1 Å². The molecule has 11 rings (SSSR count). The van der Waals surface area contributed by atoms with Gasteiger partial charge in [0.25, 0.3) is 0 Å². The minimum Gasteiger partial charge on any atom is -0.310 e. The van der Waals surface area contributed by atoms with Crippen LogP contribution in [0.1, 0.15) is 25.0 Å². The van der Waals surface area contributed by atoms with Gasteiger partial charge in [0.05, 0.1) is 10.2 Å². The van der Waals surface area contributed by atoms with Crippen molar-refractivity contribution in [2.75, 3.05) is 4.90 Å². The summed E-state index contributed by atoms with van der Waals surface area (Å²) in [6, 6.07) is 66.5. The Hall–Kier alpha value is -6.33. The Morgan fingerprint density at radius 3 is 1.70 bits per heavy atom. The van der Waals surface area contributed by atoms with Crippen molar-refractivity contribution in [1.82, 2.24) is 4.98 Å². The van der Waals surface area contributed by atoms with Crippen LogP contribution in [-0.4, -0.2) is 4.98 Å². The number of rotatable bonds is 6. The summed E-state index contributed by atoms with van der Waals surface area (Å²) in [7, 11) is 0. The molecule has 10 aromatic rings. The van der Waals surface area contributed by atoms with Crippen molar-refractivity contribution >= 4 is 70.1 Å². The Bertz CT molecular complexity index is 3100. The maximum atomic E-state index is 5.03. The van der Waals surface area contributed by atoms with E-state index in [2.05, 4.69) is 201 Å². The Morgan fingerprint density at radius 1 is 0.429 bits per heavy atom. The second kappa shape index (κ2) is 12.9. The molecule has 1 aliphatic carbocycles. The largest absolute Gasteiger partial charge is 0.310 e. The highest BCUT2D eigenvalue weighted by Crippen LogP contribution is 2.51. The molecule has 1 aliphatic rings. The maximum Gasteiger partial charge on any atom is 0.124 e. The van der Waals surface area contributed by atoms with Gasteiger partial charge in [-0.3, -0.25) is 0 Å². The lowest BCUT2D eigenvalue weighted by molar-refractivity contribution is 0.660. The molecule has 0 radical (unpaired) electrons. The zero-order chi connectivity index (χ0) is 37.4. The number of anilines is 3. The van der Waals surface area contributed by atoms with Crippen molar-refractivity contribution in [2.45, 2.75) is 19.3 Å². The number of hydrogen-bond acceptors (Lipinski definition) is 4. The van der Waals surface area contributed by atoms with Gasteiger partial charge in [0.1, 0.15) is 5.01 Å². The molecule has 0 saturated heterocycles. The molecule has 2 heterocycles. The smallest absolute Gasteiger partial charge is 0.124 e. The predicted octanol–water partition coefficient (Wildman–Crippen LogP) is 15.4. The zero-order valence-electron chi connectivity index (χ0n) is 31.0. The number of thiophene rings is 1. The average Bonchev–Trinajstić information content (AvgIpc) is 3.92. The monoisotopic (exact) mass is 752 g/mol. The molecule has 2 aromatic heterocycles. The first-order valence-electron chi connectivity index (χ1n) is 19.1. The van der Waals surface area contributed by atoms with Crippen molar-refractivity contribution in [3.05, 3.63) is 193 Å². The molecule has 0 bridgehead atoms. The van der Waals surface area contributed by atoms with Crippen molar-refractivity contribution < 1.29 is 0 Å². The summed E-state index contributed by atoms with van der Waals surface area (Å²) in [5.41, 5.74) is 15.8. The number of benzene rings is 8. The highest BCUT2D eigenvalue weighted by atomic mass is 32.1. The van der Waals surface area contributed by atoms with Crippen LogP contribution in [0.15, 0.2) is 182 Å². The van der Waals surface area contributed by atoms with E-state index < -0.39 is 0 Å². The second-order valence-corrected chi connectivity index (χ2v) is 17.2. The predicted molar refractivity (Wildman–Crippen MR) is 241 cm³/mol. The molecule has 0 atom stereocenters. The number of thiazole rings is 1. The lowest BCUT2D eigenvalue weighted by Gasteiger charge is -2.28. The summed E-state index contributed by atoms with van der Waals surface area (Å²) >= 11 is 3.65. The van der Waals surface area contributed by atoms with E-state index in [9.17, 15) is 0 Å². The molecule has 0 aliphatic heterocycles. The zero-order valence-corrected chi connectivity index (χ0v) is 32.7. The number of hydrogen-bond donors (Lipinski definition) is 0. The Labute approximate surface area is 334 Å². The summed E-state index contributed by atoms with van der Waals surface area (Å²) in [6.07, 6.45) is 0. The van der Waals surface area contributed by atoms with Crippen LogP contribution >= 0.6 is 22.7 Å². The van der Waals surface area contributed by atoms with Gasteiger partial charge in [-0.05, 0) is 87.0 Å². The van der Waals surface area contributed by atoms with E-state index in [1.807, 2.05) is 11.3 Å². The summed E-state index contributed by atoms with van der Waals surface area (Å²) in [5.74, 6) is 0. The van der Waals surface area contributed by atoms with Gasteiger partial charge in [0.15, 0.2) is 0 Å². The van der Waals surface area contributed by atoms with Gasteiger partial charge in [-0.25, -0.2) is 4.98 Å². The summed E-state index contributed by atoms with van der Waals surface area (Å²) in [4.78, 5) is 7.44. The van der Waals surface area contributed by atoms with Gasteiger partial charge in [-0.2, -0.15) is 0 Å². The first-order chi connectivity index (χ1) is 27.5. The molecule has 2 nitrogen and oxygen atoms in total. The lowest BCUT2D eigenvalue weighted by atomic mass is 9.82. The van der Waals surface area contributed by atoms with Crippen LogP contribution in [0.3, 0.4) is 0 Å². The number of nitrogens with zero attached hydrogens (tertiary/aromatic N) is 2. The molecular formula is C52H36N2S2. The Balaban J connectivity index is 1.04. The fraction of sp³-hybridized carbons (Fsp3) is 0.0577. The summed E-state index contributed by atoms with van der Waals surface area (Å²) in [5, 5.41) is 3.66. The SMILES string of the molecule is CC1(C)c2ccccc2-c2ccc(N(c3ccc(-c4cccc5c4sc4c(-c6ccccc6)cccc45)cc3)c3ccc4nc(-c5ccccc5)sc4c3)cc21. The minimum atomic E-state index is -0.104. The van der Waals surface area contributed by atoms with Crippen LogP contribution in [0, 0.1) is 0 Å². The van der Waals surface area contributed by atoms with Crippen LogP contribution < -0.4 is 4.90 Å². The van der Waals surface area contributed by atoms with Crippen LogP contribution in [-0.2, 0) is 5.41 Å². The van der Waals surface area contributed by atoms with Crippen molar-refractivity contribution in [3.8, 4) is 44.0 Å². The Kier molecular flexibility index (Phi) is 7.60. The van der Waals surface area contributed by atoms with Gasteiger partial charge in [0.2, 0.25) is 0 Å². The molecule has 0 unspecified atom stereocenters. The first kappa shape index (κ1) is 33.0. The molecule has 0 fully saturated rings. The molecule has 266 valence electrons. The highest BCUT2D eigenvalue weighted by Gasteiger charge is 2.35. The maximum absolute atomic E-state index is 5.03. The molecular weight excluding hydrogens is 717 g/mol. The lowest BCUT2D eigenvalue weighted by Crippen LogP contribution is -2.16. The van der Waals surface area contributed by atoms with Crippen molar-refractivity contribution in [1.29, 1.82) is 0 Å². The average molecular weight is 753 g/mol. The molecule has 56 heavy (non-hydrogen) atoms. The van der Waals surface area contributed by atoms with Crippen molar-refractivity contribution in [2.24, 2.45) is 0 Å². The first-order valence-corrected chi connectivity index (χ1v) is 20.8. The van der Waals surface area contributed by atoms with Gasteiger partial charge in [-0.15, -0.1) is 22.7 Å². The third-order valence-corrected chi connectivity index (χ3v) is 13.9. The van der Waals surface area contributed by atoms with Crippen LogP contribution in [0.2, 0.25) is 0 Å². The highest BCUT2D eigenvalue weighted by molar-refractivity contribution is 7.27. The summed E-state index contributed by atoms with van der Waals surface area (Å²) < 4.78 is 3.82. The van der Waals surface area contributed by atoms with Crippen LogP contribution in [0.4, 0.5) is 17.1 Å². The van der Waals surface area contributed by atoms with E-state index in [1.165, 1.54) is 69.4 Å². The summed E-state index contributed by atoms with van der Waals surface area (Å²) in [6.45, 7) is 4.71. The normalized spacial score (nSPS) is 13.0. The van der Waals surface area contributed by atoms with E-state index in [1.54, 1.807) is 11.3 Å². The van der Waals surface area contributed by atoms with E-state index in [0.29, 0.717) is 0 Å². The Morgan fingerprint density at radius 2 is 0.982 bits per heavy atom. The van der Waals surface area contributed by atoms with Gasteiger partial charge in [0, 0.05) is 48.2 Å². The molecule has 4 heteroatoms. The fourth-order valence-corrected chi connectivity index (χ4v) is 11.1. The molecule has 8 aromatic carbocycles. The minimum absolute atomic E-state index is 0.104. The molecule has 0 spiro atoms. The van der Waals surface area contributed by atoms with Gasteiger partial charge < -0.3 is 4.90 Å². The number of aromatic nitrogens is 1. The van der Waals surface area contributed by atoms with E-state index in [4.69, 9.17) is 4.98 Å². The second-order valence-electron chi connectivity index (χ2n) is 15.2. The number of fused-ring (bicyclic) bond motifs is 7. The molecule has 0 N–H and O–H groups in total. The standard InChI is InChI=1S/C52H36N2S2/c1-52(2)45-22-10-9-17-41(45)42-29-27-37(31-46(42)52)54(38-28-30-47-48(32-38)55-51(53-47)35-15-7-4-8-16-35)36-25-23-34(24-26-36)40-19-12-21-44-43-20-11-18-39(49(43)56-50(40)44)33-13-5-3-6-14-33/h3-32H,1-2H3. The van der Waals surface area contributed by atoms with E-state index in [-0.39, 0.29) is 5.41 Å². The van der Waals surface area contributed by atoms with Gasteiger partial charge in [-0.1, -0.05) is 153 Å². The fourth-order valence-electron chi connectivity index (χ4n) is 8.72. The third-order valence-electron chi connectivity index (χ3n) is 11.5. The van der Waals surface area contributed by atoms with E-state index in [0.717, 1.165) is 33.1 Å². The van der Waals surface area contributed by atoms with E-state index >= 15 is 0 Å². The third kappa shape index (κ3) is 5.25. The van der Waals surface area contributed by atoms with Crippen LogP contribution in [0.25, 0.3) is 74.3 Å². The quantitative estimate of drug-likeness (QED) is 0.168. The van der Waals surface area contributed by atoms with Crippen molar-refractivity contribution in [3.63, 3.8) is 0 Å². The van der Waals surface area contributed by atoms with Gasteiger partial charge >= 0.3 is 0 Å². The molecule has 0 saturated carbocycles.